The fourth-order valence-electron chi connectivity index (χ4n) is 3.22. The molecule has 1 saturated heterocycles. The van der Waals surface area contributed by atoms with Crippen molar-refractivity contribution < 1.29 is 9.47 Å². The standard InChI is InChI=1S/C13H25NO2/c1-3-13(14,10-15-2)11-5-8-16-12(9-11)6-4-7-12/h11H,3-10,14H2,1-2H3. The molecule has 1 aliphatic heterocycles. The van der Waals surface area contributed by atoms with Crippen LogP contribution in [0.25, 0.3) is 0 Å². The van der Waals surface area contributed by atoms with Gasteiger partial charge in [0, 0.05) is 19.3 Å². The first-order valence-corrected chi connectivity index (χ1v) is 6.56. The van der Waals surface area contributed by atoms with Crippen LogP contribution in [-0.4, -0.2) is 31.5 Å². The molecule has 2 atom stereocenters. The van der Waals surface area contributed by atoms with Crippen LogP contribution in [0.4, 0.5) is 0 Å². The molecule has 0 bridgehead atoms. The Kier molecular flexibility index (Phi) is 3.57. The zero-order valence-corrected chi connectivity index (χ0v) is 10.6. The maximum absolute atomic E-state index is 6.50. The van der Waals surface area contributed by atoms with Crippen LogP contribution in [-0.2, 0) is 9.47 Å². The predicted octanol–water partition coefficient (Wildman–Crippen LogP) is 2.09. The van der Waals surface area contributed by atoms with Crippen molar-refractivity contribution in [2.45, 2.75) is 56.6 Å². The van der Waals surface area contributed by atoms with E-state index in [-0.39, 0.29) is 11.1 Å². The number of hydrogen-bond donors (Lipinski definition) is 1. The maximum Gasteiger partial charge on any atom is 0.0686 e. The summed E-state index contributed by atoms with van der Waals surface area (Å²) in [6.07, 6.45) is 7.00. The van der Waals surface area contributed by atoms with Gasteiger partial charge in [0.15, 0.2) is 0 Å². The van der Waals surface area contributed by atoms with Crippen LogP contribution in [0.5, 0.6) is 0 Å². The SMILES string of the molecule is CCC(N)(COC)C1CCOC2(CCC2)C1. The molecule has 3 heteroatoms. The minimum Gasteiger partial charge on any atom is -0.383 e. The third-order valence-electron chi connectivity index (χ3n) is 4.64. The van der Waals surface area contributed by atoms with Crippen LogP contribution in [0.1, 0.15) is 45.4 Å². The summed E-state index contributed by atoms with van der Waals surface area (Å²) < 4.78 is 11.3. The lowest BCUT2D eigenvalue weighted by molar-refractivity contribution is -0.155. The van der Waals surface area contributed by atoms with E-state index in [1.165, 1.54) is 19.3 Å². The van der Waals surface area contributed by atoms with Crippen LogP contribution in [0.15, 0.2) is 0 Å². The smallest absolute Gasteiger partial charge is 0.0686 e. The zero-order valence-electron chi connectivity index (χ0n) is 10.6. The lowest BCUT2D eigenvalue weighted by Gasteiger charge is -2.51. The number of nitrogens with two attached hydrogens (primary N) is 1. The van der Waals surface area contributed by atoms with E-state index in [0.717, 1.165) is 25.9 Å². The molecule has 0 amide bonds. The Bertz CT molecular complexity index is 240. The summed E-state index contributed by atoms with van der Waals surface area (Å²) in [7, 11) is 1.75. The molecular weight excluding hydrogens is 202 g/mol. The van der Waals surface area contributed by atoms with Gasteiger partial charge in [-0.15, -0.1) is 0 Å². The monoisotopic (exact) mass is 227 g/mol. The van der Waals surface area contributed by atoms with E-state index in [2.05, 4.69) is 6.92 Å². The molecule has 0 radical (unpaired) electrons. The van der Waals surface area contributed by atoms with Crippen molar-refractivity contribution in [2.24, 2.45) is 11.7 Å². The molecule has 2 aliphatic rings. The minimum atomic E-state index is -0.152. The maximum atomic E-state index is 6.50. The van der Waals surface area contributed by atoms with Gasteiger partial charge in [-0.25, -0.2) is 0 Å². The van der Waals surface area contributed by atoms with Gasteiger partial charge >= 0.3 is 0 Å². The van der Waals surface area contributed by atoms with E-state index in [0.29, 0.717) is 12.5 Å². The average Bonchev–Trinajstić information content (AvgIpc) is 2.27. The molecular formula is C13H25NO2. The minimum absolute atomic E-state index is 0.152. The van der Waals surface area contributed by atoms with Gasteiger partial charge in [0.05, 0.1) is 12.2 Å². The molecule has 1 aliphatic carbocycles. The topological polar surface area (TPSA) is 44.5 Å². The van der Waals surface area contributed by atoms with E-state index in [1.54, 1.807) is 7.11 Å². The lowest BCUT2D eigenvalue weighted by atomic mass is 9.66. The molecule has 1 spiro atoms. The lowest BCUT2D eigenvalue weighted by Crippen LogP contribution is -2.57. The van der Waals surface area contributed by atoms with Crippen molar-refractivity contribution in [3.8, 4) is 0 Å². The van der Waals surface area contributed by atoms with Gasteiger partial charge in [-0.1, -0.05) is 6.92 Å². The number of methoxy groups -OCH3 is 1. The molecule has 3 nitrogen and oxygen atoms in total. The van der Waals surface area contributed by atoms with E-state index < -0.39 is 0 Å². The van der Waals surface area contributed by atoms with Gasteiger partial charge in [0.2, 0.25) is 0 Å². The highest BCUT2D eigenvalue weighted by Crippen LogP contribution is 2.46. The summed E-state index contributed by atoms with van der Waals surface area (Å²) in [6.45, 7) is 3.72. The van der Waals surface area contributed by atoms with Gasteiger partial charge in [0.1, 0.15) is 0 Å². The predicted molar refractivity (Wildman–Crippen MR) is 64.3 cm³/mol. The third-order valence-corrected chi connectivity index (χ3v) is 4.64. The Morgan fingerprint density at radius 2 is 2.25 bits per heavy atom. The quantitative estimate of drug-likeness (QED) is 0.800. The number of ether oxygens (including phenoxy) is 2. The average molecular weight is 227 g/mol. The van der Waals surface area contributed by atoms with Crippen molar-refractivity contribution >= 4 is 0 Å². The first-order chi connectivity index (χ1) is 7.64. The fourth-order valence-corrected chi connectivity index (χ4v) is 3.22. The van der Waals surface area contributed by atoms with Crippen LogP contribution in [0, 0.1) is 5.92 Å². The van der Waals surface area contributed by atoms with Crippen molar-refractivity contribution in [3.63, 3.8) is 0 Å². The third kappa shape index (κ3) is 2.13. The summed E-state index contributed by atoms with van der Waals surface area (Å²) in [6, 6.07) is 0. The Labute approximate surface area is 98.7 Å². The molecule has 2 fully saturated rings. The number of rotatable bonds is 4. The first-order valence-electron chi connectivity index (χ1n) is 6.56. The van der Waals surface area contributed by atoms with Gasteiger partial charge in [-0.3, -0.25) is 0 Å². The molecule has 2 unspecified atom stereocenters. The van der Waals surface area contributed by atoms with E-state index >= 15 is 0 Å². The molecule has 0 aromatic rings. The molecule has 2 N–H and O–H groups in total. The summed E-state index contributed by atoms with van der Waals surface area (Å²) in [4.78, 5) is 0. The summed E-state index contributed by atoms with van der Waals surface area (Å²) in [5.74, 6) is 0.562. The largest absolute Gasteiger partial charge is 0.383 e. The van der Waals surface area contributed by atoms with Gasteiger partial charge in [-0.05, 0) is 44.4 Å². The zero-order chi connectivity index (χ0) is 11.6. The molecule has 94 valence electrons. The van der Waals surface area contributed by atoms with Crippen molar-refractivity contribution in [2.75, 3.05) is 20.3 Å². The van der Waals surface area contributed by atoms with E-state index in [1.807, 2.05) is 0 Å². The Balaban J connectivity index is 2.01. The second-order valence-corrected chi connectivity index (χ2v) is 5.59. The molecule has 16 heavy (non-hydrogen) atoms. The summed E-state index contributed by atoms with van der Waals surface area (Å²) >= 11 is 0. The van der Waals surface area contributed by atoms with E-state index in [9.17, 15) is 0 Å². The summed E-state index contributed by atoms with van der Waals surface area (Å²) in [5.41, 5.74) is 6.54. The Morgan fingerprint density at radius 3 is 2.75 bits per heavy atom. The highest BCUT2D eigenvalue weighted by Gasteiger charge is 2.47. The summed E-state index contributed by atoms with van der Waals surface area (Å²) in [5, 5.41) is 0. The fraction of sp³-hybridized carbons (Fsp3) is 1.00. The highest BCUT2D eigenvalue weighted by molar-refractivity contribution is 5.01. The molecule has 2 rings (SSSR count). The second kappa shape index (κ2) is 4.63. The van der Waals surface area contributed by atoms with Crippen LogP contribution in [0.2, 0.25) is 0 Å². The molecule has 0 aromatic carbocycles. The van der Waals surface area contributed by atoms with Crippen LogP contribution in [0.3, 0.4) is 0 Å². The molecule has 1 heterocycles. The number of hydrogen-bond acceptors (Lipinski definition) is 3. The molecule has 1 saturated carbocycles. The van der Waals surface area contributed by atoms with Gasteiger partial charge in [-0.2, -0.15) is 0 Å². The second-order valence-electron chi connectivity index (χ2n) is 5.59. The Morgan fingerprint density at radius 1 is 1.50 bits per heavy atom. The van der Waals surface area contributed by atoms with Gasteiger partial charge < -0.3 is 15.2 Å². The van der Waals surface area contributed by atoms with Crippen molar-refractivity contribution in [3.05, 3.63) is 0 Å². The van der Waals surface area contributed by atoms with Gasteiger partial charge in [0.25, 0.3) is 0 Å². The molecule has 0 aromatic heterocycles. The first kappa shape index (κ1) is 12.3. The van der Waals surface area contributed by atoms with E-state index in [4.69, 9.17) is 15.2 Å². The van der Waals surface area contributed by atoms with Crippen LogP contribution < -0.4 is 5.73 Å². The highest BCUT2D eigenvalue weighted by atomic mass is 16.5. The van der Waals surface area contributed by atoms with Crippen molar-refractivity contribution in [1.82, 2.24) is 0 Å². The normalized spacial score (nSPS) is 32.1. The van der Waals surface area contributed by atoms with Crippen molar-refractivity contribution in [1.29, 1.82) is 0 Å². The Hall–Kier alpha value is -0.120. The van der Waals surface area contributed by atoms with Crippen LogP contribution >= 0.6 is 0 Å².